The van der Waals surface area contributed by atoms with Crippen molar-refractivity contribution in [3.8, 4) is 11.8 Å². The number of carbonyl (C=O) groups is 1. The van der Waals surface area contributed by atoms with Gasteiger partial charge in [-0.25, -0.2) is 0 Å². The molecule has 0 radical (unpaired) electrons. The van der Waals surface area contributed by atoms with E-state index in [4.69, 9.17) is 4.43 Å². The highest BCUT2D eigenvalue weighted by molar-refractivity contribution is 6.74. The van der Waals surface area contributed by atoms with Crippen molar-refractivity contribution in [3.63, 3.8) is 0 Å². The number of aldehydes is 1. The number of rotatable bonds is 3. The van der Waals surface area contributed by atoms with Crippen LogP contribution in [0, 0.1) is 11.8 Å². The molecule has 3 heteroatoms. The minimum absolute atomic E-state index is 0.110. The molecule has 0 amide bonds. The molecule has 86 valence electrons. The minimum atomic E-state index is -1.68. The molecule has 0 aliphatic heterocycles. The summed E-state index contributed by atoms with van der Waals surface area (Å²) in [5, 5.41) is 0.222. The van der Waals surface area contributed by atoms with Gasteiger partial charge in [0, 0.05) is 6.42 Å². The van der Waals surface area contributed by atoms with E-state index in [0.29, 0.717) is 12.7 Å². The van der Waals surface area contributed by atoms with E-state index < -0.39 is 8.32 Å². The lowest BCUT2D eigenvalue weighted by atomic mass is 10.2. The lowest BCUT2D eigenvalue weighted by Gasteiger charge is -2.38. The zero-order chi connectivity index (χ0) is 12.1. The second-order valence-corrected chi connectivity index (χ2v) is 10.1. The third-order valence-corrected chi connectivity index (χ3v) is 7.46. The molecule has 0 aliphatic rings. The first kappa shape index (κ1) is 14.4. The van der Waals surface area contributed by atoms with Crippen LogP contribution in [-0.2, 0) is 9.22 Å². The number of hydrogen-bond donors (Lipinski definition) is 0. The van der Waals surface area contributed by atoms with Gasteiger partial charge in [0.05, 0.1) is 6.10 Å². The molecule has 0 aromatic carbocycles. The maximum atomic E-state index is 10.0. The fourth-order valence-corrected chi connectivity index (χ4v) is 2.41. The fraction of sp³-hybridized carbons (Fsp3) is 0.750. The van der Waals surface area contributed by atoms with Crippen LogP contribution < -0.4 is 0 Å². The third-order valence-electron chi connectivity index (χ3n) is 2.85. The fourth-order valence-electron chi connectivity index (χ4n) is 0.966. The molecule has 0 aromatic heterocycles. The average Bonchev–Trinajstić information content (AvgIpc) is 2.01. The second kappa shape index (κ2) is 5.48. The largest absolute Gasteiger partial charge is 0.413 e. The van der Waals surface area contributed by atoms with Gasteiger partial charge in [-0.3, -0.25) is 4.79 Å². The monoisotopic (exact) mass is 226 g/mol. The topological polar surface area (TPSA) is 26.3 Å². The smallest absolute Gasteiger partial charge is 0.192 e. The van der Waals surface area contributed by atoms with Crippen molar-refractivity contribution in [3.05, 3.63) is 0 Å². The quantitative estimate of drug-likeness (QED) is 0.420. The van der Waals surface area contributed by atoms with E-state index in [0.717, 1.165) is 0 Å². The SMILES string of the molecule is CC(CC#CC=O)O[Si](C)(C)C(C)(C)C. The van der Waals surface area contributed by atoms with E-state index in [1.807, 2.05) is 6.92 Å². The molecule has 0 saturated carbocycles. The molecule has 0 fully saturated rings. The van der Waals surface area contributed by atoms with Crippen molar-refractivity contribution >= 4 is 14.6 Å². The first-order valence-electron chi connectivity index (χ1n) is 5.30. The molecular weight excluding hydrogens is 204 g/mol. The van der Waals surface area contributed by atoms with Crippen molar-refractivity contribution in [1.82, 2.24) is 0 Å². The molecule has 0 N–H and O–H groups in total. The van der Waals surface area contributed by atoms with Gasteiger partial charge in [0.15, 0.2) is 14.6 Å². The van der Waals surface area contributed by atoms with Crippen LogP contribution in [0.1, 0.15) is 34.1 Å². The Balaban J connectivity index is 4.28. The summed E-state index contributed by atoms with van der Waals surface area (Å²) in [6.45, 7) is 13.1. The van der Waals surface area contributed by atoms with E-state index in [-0.39, 0.29) is 11.1 Å². The van der Waals surface area contributed by atoms with Crippen molar-refractivity contribution in [2.45, 2.75) is 58.4 Å². The van der Waals surface area contributed by atoms with Crippen LogP contribution in [0.5, 0.6) is 0 Å². The summed E-state index contributed by atoms with van der Waals surface area (Å²) in [6, 6.07) is 0. The Hall–Kier alpha value is -0.593. The molecule has 1 unspecified atom stereocenters. The second-order valence-electron chi connectivity index (χ2n) is 5.33. The Bertz CT molecular complexity index is 266. The maximum absolute atomic E-state index is 10.0. The lowest BCUT2D eigenvalue weighted by Crippen LogP contribution is -2.43. The lowest BCUT2D eigenvalue weighted by molar-refractivity contribution is -0.103. The normalized spacial score (nSPS) is 14.0. The first-order valence-corrected chi connectivity index (χ1v) is 8.21. The van der Waals surface area contributed by atoms with Gasteiger partial charge in [0.2, 0.25) is 0 Å². The van der Waals surface area contributed by atoms with E-state index in [1.165, 1.54) is 0 Å². The summed E-state index contributed by atoms with van der Waals surface area (Å²) in [7, 11) is -1.68. The van der Waals surface area contributed by atoms with Gasteiger partial charge >= 0.3 is 0 Å². The number of carbonyl (C=O) groups excluding carboxylic acids is 1. The molecule has 1 atom stereocenters. The Labute approximate surface area is 94.5 Å². The van der Waals surface area contributed by atoms with Crippen LogP contribution >= 0.6 is 0 Å². The van der Waals surface area contributed by atoms with Crippen molar-refractivity contribution in [2.24, 2.45) is 0 Å². The van der Waals surface area contributed by atoms with E-state index >= 15 is 0 Å². The summed E-state index contributed by atoms with van der Waals surface area (Å²) in [4.78, 5) is 10.0. The Morgan fingerprint density at radius 3 is 2.33 bits per heavy atom. The first-order chi connectivity index (χ1) is 6.70. The molecule has 0 spiro atoms. The van der Waals surface area contributed by atoms with E-state index in [2.05, 4.69) is 45.7 Å². The molecule has 0 aromatic rings. The molecule has 0 rings (SSSR count). The van der Waals surface area contributed by atoms with Crippen LogP contribution in [0.3, 0.4) is 0 Å². The van der Waals surface area contributed by atoms with Gasteiger partial charge in [-0.05, 0) is 31.0 Å². The molecule has 0 aliphatic carbocycles. The Morgan fingerprint density at radius 1 is 1.40 bits per heavy atom. The zero-order valence-corrected chi connectivity index (χ0v) is 11.7. The highest BCUT2D eigenvalue weighted by Crippen LogP contribution is 2.37. The van der Waals surface area contributed by atoms with Crippen molar-refractivity contribution in [1.29, 1.82) is 0 Å². The van der Waals surface area contributed by atoms with Crippen LogP contribution in [0.2, 0.25) is 18.1 Å². The summed E-state index contributed by atoms with van der Waals surface area (Å²) in [6.07, 6.45) is 1.36. The van der Waals surface area contributed by atoms with Gasteiger partial charge in [0.1, 0.15) is 0 Å². The highest BCUT2D eigenvalue weighted by Gasteiger charge is 2.38. The van der Waals surface area contributed by atoms with Gasteiger partial charge in [-0.1, -0.05) is 26.7 Å². The maximum Gasteiger partial charge on any atom is 0.192 e. The Kier molecular flexibility index (Phi) is 5.26. The summed E-state index contributed by atoms with van der Waals surface area (Å²) >= 11 is 0. The molecule has 0 bridgehead atoms. The summed E-state index contributed by atoms with van der Waals surface area (Å²) < 4.78 is 6.07. The standard InChI is InChI=1S/C12H22O2Si/c1-11(9-7-8-10-13)14-15(5,6)12(2,3)4/h10-11H,9H2,1-6H3. The van der Waals surface area contributed by atoms with Crippen molar-refractivity contribution in [2.75, 3.05) is 0 Å². The van der Waals surface area contributed by atoms with Gasteiger partial charge in [0.25, 0.3) is 0 Å². The Morgan fingerprint density at radius 2 is 1.93 bits per heavy atom. The van der Waals surface area contributed by atoms with Gasteiger partial charge < -0.3 is 4.43 Å². The zero-order valence-electron chi connectivity index (χ0n) is 10.7. The highest BCUT2D eigenvalue weighted by atomic mass is 28.4. The predicted molar refractivity (Wildman–Crippen MR) is 66.2 cm³/mol. The third kappa shape index (κ3) is 5.15. The van der Waals surface area contributed by atoms with Gasteiger partial charge in [-0.2, -0.15) is 0 Å². The number of hydrogen-bond acceptors (Lipinski definition) is 2. The molecule has 2 nitrogen and oxygen atoms in total. The summed E-state index contributed by atoms with van der Waals surface area (Å²) in [5.41, 5.74) is 0. The van der Waals surface area contributed by atoms with Crippen LogP contribution in [0.4, 0.5) is 0 Å². The summed E-state index contributed by atoms with van der Waals surface area (Å²) in [5.74, 6) is 5.20. The molecule has 0 heterocycles. The van der Waals surface area contributed by atoms with Crippen LogP contribution in [0.15, 0.2) is 0 Å². The van der Waals surface area contributed by atoms with Gasteiger partial charge in [-0.15, -0.1) is 0 Å². The molecule has 0 saturated heterocycles. The predicted octanol–water partition coefficient (Wildman–Crippen LogP) is 2.99. The minimum Gasteiger partial charge on any atom is -0.413 e. The van der Waals surface area contributed by atoms with Crippen molar-refractivity contribution < 1.29 is 9.22 Å². The molecule has 15 heavy (non-hydrogen) atoms. The van der Waals surface area contributed by atoms with Crippen LogP contribution in [-0.4, -0.2) is 20.7 Å². The van der Waals surface area contributed by atoms with E-state index in [1.54, 1.807) is 0 Å². The van der Waals surface area contributed by atoms with E-state index in [9.17, 15) is 4.79 Å². The average molecular weight is 226 g/mol. The molecular formula is C12H22O2Si. The van der Waals surface area contributed by atoms with Crippen LogP contribution in [0.25, 0.3) is 0 Å².